The highest BCUT2D eigenvalue weighted by Crippen LogP contribution is 2.44. The minimum absolute atomic E-state index is 0.683. The molecule has 0 atom stereocenters. The third-order valence-corrected chi connectivity index (χ3v) is 13.9. The van der Waals surface area contributed by atoms with Crippen LogP contribution in [-0.2, 0) is 0 Å². The monoisotopic (exact) mass is 891 g/mol. The fourth-order valence-corrected chi connectivity index (χ4v) is 10.7. The lowest BCUT2D eigenvalue weighted by molar-refractivity contribution is 1.17. The van der Waals surface area contributed by atoms with E-state index < -0.39 is 0 Å². The van der Waals surface area contributed by atoms with Gasteiger partial charge in [0.25, 0.3) is 0 Å². The molecule has 0 saturated heterocycles. The minimum atomic E-state index is 0.683. The topological polar surface area (TPSA) is 48.5 Å². The molecule has 0 radical (unpaired) electrons. The van der Waals surface area contributed by atoms with Gasteiger partial charge >= 0.3 is 0 Å². The van der Waals surface area contributed by atoms with Crippen molar-refractivity contribution in [3.63, 3.8) is 0 Å². The number of aromatic nitrogens is 5. The van der Waals surface area contributed by atoms with E-state index in [0.29, 0.717) is 5.82 Å². The third kappa shape index (κ3) is 6.36. The summed E-state index contributed by atoms with van der Waals surface area (Å²) in [4.78, 5) is 16.0. The predicted octanol–water partition coefficient (Wildman–Crippen LogP) is 16.7. The number of hydrogen-bond donors (Lipinski definition) is 0. The summed E-state index contributed by atoms with van der Waals surface area (Å²) in [6.07, 6.45) is 0. The number of pyridine rings is 1. The van der Waals surface area contributed by atoms with Crippen molar-refractivity contribution < 1.29 is 0 Å². The Hall–Kier alpha value is -9.45. The van der Waals surface area contributed by atoms with Crippen molar-refractivity contribution in [3.05, 3.63) is 249 Å². The fraction of sp³-hybridized carbons (Fsp3) is 0. The third-order valence-electron chi connectivity index (χ3n) is 13.9. The van der Waals surface area contributed by atoms with Gasteiger partial charge in [-0.2, -0.15) is 0 Å². The van der Waals surface area contributed by atoms with Crippen molar-refractivity contribution in [1.29, 1.82) is 0 Å². The molecule has 0 amide bonds. The highest BCUT2D eigenvalue weighted by atomic mass is 15.0. The van der Waals surface area contributed by atoms with Crippen LogP contribution in [0.5, 0.6) is 0 Å². The van der Waals surface area contributed by atoms with E-state index in [1.807, 2.05) is 18.2 Å². The van der Waals surface area contributed by atoms with E-state index >= 15 is 0 Å². The van der Waals surface area contributed by atoms with Gasteiger partial charge in [-0.3, -0.25) is 0 Å². The molecule has 0 fully saturated rings. The van der Waals surface area contributed by atoms with Crippen LogP contribution in [0.3, 0.4) is 0 Å². The van der Waals surface area contributed by atoms with E-state index in [2.05, 4.69) is 240 Å². The average molecular weight is 892 g/mol. The van der Waals surface area contributed by atoms with Crippen LogP contribution in [0.2, 0.25) is 0 Å². The Morgan fingerprint density at radius 3 is 1.40 bits per heavy atom. The lowest BCUT2D eigenvalue weighted by Crippen LogP contribution is -1.97. The lowest BCUT2D eigenvalue weighted by atomic mass is 9.93. The molecule has 10 aromatic carbocycles. The Balaban J connectivity index is 0.910. The Labute approximate surface area is 403 Å². The van der Waals surface area contributed by atoms with E-state index in [4.69, 9.17) is 15.0 Å². The zero-order valence-corrected chi connectivity index (χ0v) is 37.9. The summed E-state index contributed by atoms with van der Waals surface area (Å²) in [5.74, 6) is 0.683. The maximum Gasteiger partial charge on any atom is 0.160 e. The summed E-state index contributed by atoms with van der Waals surface area (Å²) < 4.78 is 4.74. The molecule has 70 heavy (non-hydrogen) atoms. The molecule has 0 unspecified atom stereocenters. The van der Waals surface area contributed by atoms with Crippen LogP contribution in [0.1, 0.15) is 0 Å². The SMILES string of the molecule is c1ccc(-c2nc(-c3ccc(-c4cccc5c4nc(-c4ccccc4)c4ccc6c(c7ccccc7n6-c6ccccc6)c45)cc3)cc(-c3ccc(-n4c5ccccc5c5ccccc54)cc3)n2)cc1. The van der Waals surface area contributed by atoms with Gasteiger partial charge in [-0.25, -0.2) is 15.0 Å². The number of para-hydroxylation sites is 5. The highest BCUT2D eigenvalue weighted by Gasteiger charge is 2.21. The molecule has 0 saturated carbocycles. The van der Waals surface area contributed by atoms with Crippen LogP contribution in [0.4, 0.5) is 0 Å². The van der Waals surface area contributed by atoms with Crippen LogP contribution >= 0.6 is 0 Å². The molecule has 4 aromatic heterocycles. The zero-order chi connectivity index (χ0) is 46.1. The van der Waals surface area contributed by atoms with E-state index in [9.17, 15) is 0 Å². The standard InChI is InChI=1S/C65H41N5/c1-4-17-45(18-5-1)63-54-39-40-60-62(52-25-12-15-30-59(52)70(60)47-21-8-3-9-22-47)61(54)53-27-16-26-49(64(53)68-63)42-31-33-43(34-32-42)55-41-56(67-65(66-55)46-19-6-2-7-20-46)44-35-37-48(38-36-44)69-57-28-13-10-23-50(57)51-24-11-14-29-58(51)69/h1-41H. The Morgan fingerprint density at radius 2 is 0.757 bits per heavy atom. The van der Waals surface area contributed by atoms with Gasteiger partial charge in [-0.05, 0) is 60.2 Å². The molecule has 14 rings (SSSR count). The summed E-state index contributed by atoms with van der Waals surface area (Å²) in [6.45, 7) is 0. The molecule has 5 heteroatoms. The van der Waals surface area contributed by atoms with Crippen molar-refractivity contribution in [2.24, 2.45) is 0 Å². The van der Waals surface area contributed by atoms with Crippen LogP contribution < -0.4 is 0 Å². The van der Waals surface area contributed by atoms with Crippen molar-refractivity contribution in [2.75, 3.05) is 0 Å². The minimum Gasteiger partial charge on any atom is -0.309 e. The molecular weight excluding hydrogens is 851 g/mol. The van der Waals surface area contributed by atoms with Crippen LogP contribution in [-0.4, -0.2) is 24.1 Å². The van der Waals surface area contributed by atoms with Crippen molar-refractivity contribution in [3.8, 4) is 67.7 Å². The quantitative estimate of drug-likeness (QED) is 0.150. The highest BCUT2D eigenvalue weighted by molar-refractivity contribution is 6.30. The Bertz CT molecular complexity index is 4250. The van der Waals surface area contributed by atoms with Crippen LogP contribution in [0.25, 0.3) is 133 Å². The molecule has 14 aromatic rings. The number of rotatable bonds is 7. The van der Waals surface area contributed by atoms with Crippen LogP contribution in [0, 0.1) is 0 Å². The summed E-state index contributed by atoms with van der Waals surface area (Å²) in [6, 6.07) is 88.4. The maximum atomic E-state index is 5.60. The first-order valence-electron chi connectivity index (χ1n) is 23.8. The Morgan fingerprint density at radius 1 is 0.271 bits per heavy atom. The Kier molecular flexibility index (Phi) is 9.14. The van der Waals surface area contributed by atoms with Gasteiger partial charge in [0, 0.05) is 76.9 Å². The maximum absolute atomic E-state index is 5.60. The van der Waals surface area contributed by atoms with E-state index in [1.54, 1.807) is 0 Å². The molecule has 0 bridgehead atoms. The van der Waals surface area contributed by atoms with E-state index in [1.165, 1.54) is 49.0 Å². The van der Waals surface area contributed by atoms with Gasteiger partial charge < -0.3 is 9.13 Å². The first kappa shape index (κ1) is 39.7. The molecule has 0 aliphatic heterocycles. The summed E-state index contributed by atoms with van der Waals surface area (Å²) >= 11 is 0. The smallest absolute Gasteiger partial charge is 0.160 e. The van der Waals surface area contributed by atoms with Crippen molar-refractivity contribution >= 4 is 65.3 Å². The molecular formula is C65H41N5. The molecule has 326 valence electrons. The number of benzene rings is 10. The second-order valence-electron chi connectivity index (χ2n) is 17.9. The summed E-state index contributed by atoms with van der Waals surface area (Å²) in [5, 5.41) is 8.38. The normalized spacial score (nSPS) is 11.7. The number of fused-ring (bicyclic) bond motifs is 10. The van der Waals surface area contributed by atoms with E-state index in [-0.39, 0.29) is 0 Å². The fourth-order valence-electron chi connectivity index (χ4n) is 10.7. The largest absolute Gasteiger partial charge is 0.309 e. The van der Waals surface area contributed by atoms with Gasteiger partial charge in [0.15, 0.2) is 5.82 Å². The summed E-state index contributed by atoms with van der Waals surface area (Å²) in [5.41, 5.74) is 16.8. The average Bonchev–Trinajstić information content (AvgIpc) is 3.96. The predicted molar refractivity (Wildman–Crippen MR) is 291 cm³/mol. The molecule has 5 nitrogen and oxygen atoms in total. The second kappa shape index (κ2) is 16.1. The van der Waals surface area contributed by atoms with Gasteiger partial charge in [-0.1, -0.05) is 194 Å². The van der Waals surface area contributed by atoms with Crippen molar-refractivity contribution in [2.45, 2.75) is 0 Å². The zero-order valence-electron chi connectivity index (χ0n) is 37.9. The molecule has 4 heterocycles. The molecule has 0 aliphatic rings. The summed E-state index contributed by atoms with van der Waals surface area (Å²) in [7, 11) is 0. The number of hydrogen-bond acceptors (Lipinski definition) is 3. The van der Waals surface area contributed by atoms with Gasteiger partial charge in [-0.15, -0.1) is 0 Å². The second-order valence-corrected chi connectivity index (χ2v) is 17.9. The lowest BCUT2D eigenvalue weighted by Gasteiger charge is -2.15. The molecule has 0 aliphatic carbocycles. The molecule has 0 spiro atoms. The van der Waals surface area contributed by atoms with Gasteiger partial charge in [0.1, 0.15) is 0 Å². The van der Waals surface area contributed by atoms with Crippen molar-refractivity contribution in [1.82, 2.24) is 24.1 Å². The van der Waals surface area contributed by atoms with Gasteiger partial charge in [0.05, 0.1) is 44.7 Å². The number of nitrogens with zero attached hydrogens (tertiary/aromatic N) is 5. The van der Waals surface area contributed by atoms with E-state index in [0.717, 1.165) is 78.1 Å². The first-order valence-corrected chi connectivity index (χ1v) is 23.8. The first-order chi connectivity index (χ1) is 34.7. The molecule has 0 N–H and O–H groups in total. The van der Waals surface area contributed by atoms with Crippen LogP contribution in [0.15, 0.2) is 249 Å². The van der Waals surface area contributed by atoms with Gasteiger partial charge in [0.2, 0.25) is 0 Å².